The summed E-state index contributed by atoms with van der Waals surface area (Å²) < 4.78 is 0. The van der Waals surface area contributed by atoms with Crippen molar-refractivity contribution in [3.05, 3.63) is 36.5 Å². The lowest BCUT2D eigenvalue weighted by Crippen LogP contribution is -2.45. The van der Waals surface area contributed by atoms with Gasteiger partial charge in [-0.3, -0.25) is 4.79 Å². The van der Waals surface area contributed by atoms with Gasteiger partial charge in [0.1, 0.15) is 0 Å². The molecule has 72 heavy (non-hydrogen) atoms. The molecule has 0 bridgehead atoms. The lowest BCUT2D eigenvalue weighted by Gasteiger charge is -2.22. The lowest BCUT2D eigenvalue weighted by molar-refractivity contribution is -0.123. The Balaban J connectivity index is 3.40. The van der Waals surface area contributed by atoms with E-state index in [-0.39, 0.29) is 12.5 Å². The molecule has 426 valence electrons. The van der Waals surface area contributed by atoms with Crippen LogP contribution in [-0.2, 0) is 4.79 Å². The summed E-state index contributed by atoms with van der Waals surface area (Å²) in [6.07, 6.45) is 87.5. The minimum absolute atomic E-state index is 0.0236. The third-order valence-electron chi connectivity index (χ3n) is 15.7. The predicted molar refractivity (Wildman–Crippen MR) is 322 cm³/mol. The predicted octanol–water partition coefficient (Wildman–Crippen LogP) is 22.4. The van der Waals surface area contributed by atoms with E-state index in [1.165, 1.54) is 308 Å². The van der Waals surface area contributed by atoms with Crippen LogP contribution in [0.15, 0.2) is 36.5 Å². The zero-order valence-corrected chi connectivity index (χ0v) is 49.2. The molecule has 2 unspecified atom stereocenters. The van der Waals surface area contributed by atoms with Crippen molar-refractivity contribution in [2.24, 2.45) is 0 Å². The maximum Gasteiger partial charge on any atom is 0.220 e. The molecular weight excluding hydrogens is 879 g/mol. The first kappa shape index (κ1) is 70.6. The molecule has 0 spiro atoms. The van der Waals surface area contributed by atoms with Crippen LogP contribution in [0.4, 0.5) is 0 Å². The van der Waals surface area contributed by atoms with E-state index in [2.05, 4.69) is 55.6 Å². The lowest BCUT2D eigenvalue weighted by atomic mass is 10.0. The van der Waals surface area contributed by atoms with Gasteiger partial charge in [-0.1, -0.05) is 352 Å². The molecule has 0 aromatic heterocycles. The van der Waals surface area contributed by atoms with E-state index in [4.69, 9.17) is 0 Å². The van der Waals surface area contributed by atoms with Gasteiger partial charge in [0.15, 0.2) is 0 Å². The number of carbonyl (C=O) groups excluding carboxylic acids is 1. The normalized spacial score (nSPS) is 12.9. The largest absolute Gasteiger partial charge is 0.394 e. The molecule has 0 aliphatic rings. The number of aliphatic hydroxyl groups excluding tert-OH is 2. The van der Waals surface area contributed by atoms with Crippen LogP contribution in [0.5, 0.6) is 0 Å². The summed E-state index contributed by atoms with van der Waals surface area (Å²) in [7, 11) is 0. The topological polar surface area (TPSA) is 69.6 Å². The van der Waals surface area contributed by atoms with Gasteiger partial charge in [-0.15, -0.1) is 0 Å². The van der Waals surface area contributed by atoms with Crippen LogP contribution in [0.3, 0.4) is 0 Å². The number of hydrogen-bond acceptors (Lipinski definition) is 3. The van der Waals surface area contributed by atoms with E-state index in [1.807, 2.05) is 0 Å². The summed E-state index contributed by atoms with van der Waals surface area (Å²) in [6.45, 7) is 4.39. The summed E-state index contributed by atoms with van der Waals surface area (Å²) >= 11 is 0. The zero-order chi connectivity index (χ0) is 52.0. The van der Waals surface area contributed by atoms with Gasteiger partial charge >= 0.3 is 0 Å². The molecule has 2 atom stereocenters. The molecule has 4 heteroatoms. The fraction of sp³-hybridized carbons (Fsp3) is 0.897. The summed E-state index contributed by atoms with van der Waals surface area (Å²) in [5.74, 6) is -0.0236. The second-order valence-corrected chi connectivity index (χ2v) is 22.9. The van der Waals surface area contributed by atoms with Crippen LogP contribution in [0, 0.1) is 0 Å². The molecule has 0 aliphatic heterocycles. The van der Waals surface area contributed by atoms with Gasteiger partial charge in [-0.25, -0.2) is 0 Å². The van der Waals surface area contributed by atoms with Gasteiger partial charge in [-0.2, -0.15) is 0 Å². The number of aliphatic hydroxyl groups is 2. The molecule has 0 aliphatic carbocycles. The average molecular weight is 1010 g/mol. The Labute approximate surface area is 452 Å². The monoisotopic (exact) mass is 1010 g/mol. The van der Waals surface area contributed by atoms with E-state index < -0.39 is 12.1 Å². The van der Waals surface area contributed by atoms with Crippen molar-refractivity contribution in [1.82, 2.24) is 5.32 Å². The van der Waals surface area contributed by atoms with Gasteiger partial charge in [0, 0.05) is 6.42 Å². The molecule has 1 amide bonds. The number of hydrogen-bond donors (Lipinski definition) is 3. The van der Waals surface area contributed by atoms with Gasteiger partial charge in [0.05, 0.1) is 18.8 Å². The van der Waals surface area contributed by atoms with Crippen LogP contribution in [-0.4, -0.2) is 34.9 Å². The van der Waals surface area contributed by atoms with Crippen LogP contribution >= 0.6 is 0 Å². The van der Waals surface area contributed by atoms with Crippen LogP contribution < -0.4 is 5.32 Å². The van der Waals surface area contributed by atoms with Gasteiger partial charge in [0.2, 0.25) is 5.91 Å². The zero-order valence-electron chi connectivity index (χ0n) is 49.2. The maximum absolute atomic E-state index is 12.5. The van der Waals surface area contributed by atoms with Crippen molar-refractivity contribution < 1.29 is 15.0 Å². The van der Waals surface area contributed by atoms with E-state index in [0.717, 1.165) is 38.5 Å². The molecule has 0 heterocycles. The molecular formula is C68H131NO3. The minimum Gasteiger partial charge on any atom is -0.394 e. The standard InChI is InChI=1S/C68H131NO3/c1-3-5-7-9-11-13-15-17-19-21-23-25-27-29-30-31-32-33-34-35-36-37-38-40-42-44-46-48-50-52-54-56-58-60-62-64-68(72)69-66(65-70)67(71)63-61-59-57-55-53-51-49-47-45-43-41-39-28-26-24-22-20-18-16-14-12-10-8-6-4-2/h15,17,21,23,27,29,66-67,70-71H,3-14,16,18-20,22,24-26,28,30-65H2,1-2H3,(H,69,72)/b17-15-,23-21-,29-27-. The highest BCUT2D eigenvalue weighted by molar-refractivity contribution is 5.76. The molecule has 3 N–H and O–H groups in total. The van der Waals surface area contributed by atoms with E-state index >= 15 is 0 Å². The third-order valence-corrected chi connectivity index (χ3v) is 15.7. The van der Waals surface area contributed by atoms with Gasteiger partial charge in [0.25, 0.3) is 0 Å². The molecule has 0 fully saturated rings. The Morgan fingerprint density at radius 3 is 0.847 bits per heavy atom. The Morgan fingerprint density at radius 1 is 0.333 bits per heavy atom. The number of unbranched alkanes of at least 4 members (excludes halogenated alkanes) is 49. The molecule has 4 nitrogen and oxygen atoms in total. The van der Waals surface area contributed by atoms with Gasteiger partial charge in [-0.05, 0) is 51.4 Å². The van der Waals surface area contributed by atoms with Crippen molar-refractivity contribution in [2.45, 2.75) is 386 Å². The summed E-state index contributed by atoms with van der Waals surface area (Å²) in [5, 5.41) is 23.4. The fourth-order valence-electron chi connectivity index (χ4n) is 10.6. The van der Waals surface area contributed by atoms with Gasteiger partial charge < -0.3 is 15.5 Å². The molecule has 0 radical (unpaired) electrons. The van der Waals surface area contributed by atoms with Crippen molar-refractivity contribution in [2.75, 3.05) is 6.61 Å². The second-order valence-electron chi connectivity index (χ2n) is 22.9. The van der Waals surface area contributed by atoms with E-state index in [0.29, 0.717) is 12.8 Å². The van der Waals surface area contributed by atoms with Crippen molar-refractivity contribution in [1.29, 1.82) is 0 Å². The molecule has 0 saturated heterocycles. The van der Waals surface area contributed by atoms with Crippen LogP contribution in [0.25, 0.3) is 0 Å². The van der Waals surface area contributed by atoms with Crippen molar-refractivity contribution in [3.63, 3.8) is 0 Å². The summed E-state index contributed by atoms with van der Waals surface area (Å²) in [5.41, 5.74) is 0. The molecule has 0 rings (SSSR count). The second kappa shape index (κ2) is 63.9. The third kappa shape index (κ3) is 59.5. The number of nitrogens with one attached hydrogen (secondary N) is 1. The number of allylic oxidation sites excluding steroid dienone is 6. The highest BCUT2D eigenvalue weighted by Gasteiger charge is 2.20. The smallest absolute Gasteiger partial charge is 0.220 e. The van der Waals surface area contributed by atoms with Crippen LogP contribution in [0.2, 0.25) is 0 Å². The number of rotatable bonds is 62. The first-order valence-electron chi connectivity index (χ1n) is 33.2. The molecule has 0 aromatic rings. The fourth-order valence-corrected chi connectivity index (χ4v) is 10.6. The SMILES string of the molecule is CCCCCCC/C=C\C/C=C\C/C=C\CCCCCCCCCCCCCCCCCCCCCCC(=O)NC(CO)C(O)CCCCCCCCCCCCCCCCCCCCCCCCCCC. The molecule has 0 saturated carbocycles. The highest BCUT2D eigenvalue weighted by Crippen LogP contribution is 2.19. The Kier molecular flexibility index (Phi) is 62.7. The van der Waals surface area contributed by atoms with E-state index in [1.54, 1.807) is 0 Å². The van der Waals surface area contributed by atoms with Crippen molar-refractivity contribution in [3.8, 4) is 0 Å². The Morgan fingerprint density at radius 2 is 0.569 bits per heavy atom. The number of amides is 1. The number of carbonyl (C=O) groups is 1. The first-order chi connectivity index (χ1) is 35.7. The van der Waals surface area contributed by atoms with E-state index in [9.17, 15) is 15.0 Å². The van der Waals surface area contributed by atoms with Crippen molar-refractivity contribution >= 4 is 5.91 Å². The maximum atomic E-state index is 12.5. The minimum atomic E-state index is -0.659. The molecule has 0 aromatic carbocycles. The Bertz CT molecular complexity index is 1100. The Hall–Kier alpha value is -1.39. The highest BCUT2D eigenvalue weighted by atomic mass is 16.3. The first-order valence-corrected chi connectivity index (χ1v) is 33.2. The van der Waals surface area contributed by atoms with Crippen LogP contribution in [0.1, 0.15) is 373 Å². The summed E-state index contributed by atoms with van der Waals surface area (Å²) in [4.78, 5) is 12.5. The quantitative estimate of drug-likeness (QED) is 0.0420. The summed E-state index contributed by atoms with van der Waals surface area (Å²) in [6, 6.07) is -0.536. The average Bonchev–Trinajstić information content (AvgIpc) is 3.39.